The fourth-order valence-corrected chi connectivity index (χ4v) is 2.96. The second-order valence-electron chi connectivity index (χ2n) is 4.93. The van der Waals surface area contributed by atoms with Crippen LogP contribution in [0.15, 0.2) is 24.3 Å². The Hall–Kier alpha value is -2.21. The molecular weight excluding hydrogens is 296 g/mol. The van der Waals surface area contributed by atoms with E-state index in [-0.39, 0.29) is 0 Å². The van der Waals surface area contributed by atoms with Crippen LogP contribution in [0.5, 0.6) is 5.75 Å². The number of methoxy groups -OCH3 is 1. The van der Waals surface area contributed by atoms with Gasteiger partial charge in [-0.3, -0.25) is 0 Å². The van der Waals surface area contributed by atoms with E-state index in [2.05, 4.69) is 22.2 Å². The number of nitrogens with zero attached hydrogens (tertiary/aromatic N) is 4. The van der Waals surface area contributed by atoms with E-state index in [9.17, 15) is 0 Å². The molecule has 3 aromatic rings. The van der Waals surface area contributed by atoms with Crippen molar-refractivity contribution in [1.29, 1.82) is 0 Å². The van der Waals surface area contributed by atoms with Gasteiger partial charge >= 0.3 is 0 Å². The smallest absolute Gasteiger partial charge is 0.234 e. The Kier molecular flexibility index (Phi) is 4.48. The summed E-state index contributed by atoms with van der Waals surface area (Å²) < 4.78 is 7.19. The minimum Gasteiger partial charge on any atom is -0.496 e. The lowest BCUT2D eigenvalue weighted by molar-refractivity contribution is 0.414. The molecule has 0 aliphatic rings. The molecule has 0 saturated heterocycles. The first-order valence-electron chi connectivity index (χ1n) is 7.34. The van der Waals surface area contributed by atoms with Crippen molar-refractivity contribution in [2.75, 3.05) is 7.11 Å². The summed E-state index contributed by atoms with van der Waals surface area (Å²) in [5, 5.41) is 13.9. The molecule has 6 heteroatoms. The van der Waals surface area contributed by atoms with Crippen molar-refractivity contribution in [3.8, 4) is 5.75 Å². The molecule has 1 aromatic carbocycles. The highest BCUT2D eigenvalue weighted by Crippen LogP contribution is 2.22. The van der Waals surface area contributed by atoms with Crippen LogP contribution in [-0.4, -0.2) is 26.9 Å². The number of unbranched alkanes of at least 4 members (excludes halogenated alkanes) is 1. The Morgan fingerprint density at radius 1 is 1.23 bits per heavy atom. The maximum Gasteiger partial charge on any atom is 0.234 e. The van der Waals surface area contributed by atoms with Crippen molar-refractivity contribution in [3.05, 3.63) is 40.7 Å². The Morgan fingerprint density at radius 3 is 2.91 bits per heavy atom. The summed E-state index contributed by atoms with van der Waals surface area (Å²) in [6.07, 6.45) is 7.15. The van der Waals surface area contributed by atoms with Gasteiger partial charge in [0.15, 0.2) is 5.82 Å². The van der Waals surface area contributed by atoms with Crippen LogP contribution in [-0.2, 0) is 6.42 Å². The zero-order valence-corrected chi connectivity index (χ0v) is 13.5. The van der Waals surface area contributed by atoms with Gasteiger partial charge in [-0.1, -0.05) is 42.9 Å². The third-order valence-corrected chi connectivity index (χ3v) is 4.23. The van der Waals surface area contributed by atoms with Crippen LogP contribution in [0, 0.1) is 0 Å². The van der Waals surface area contributed by atoms with Crippen molar-refractivity contribution in [2.45, 2.75) is 26.2 Å². The molecule has 5 nitrogen and oxygen atoms in total. The molecule has 114 valence electrons. The molecule has 0 radical (unpaired) electrons. The van der Waals surface area contributed by atoms with Gasteiger partial charge in [-0.15, -0.1) is 10.2 Å². The van der Waals surface area contributed by atoms with Gasteiger partial charge in [0.25, 0.3) is 0 Å². The van der Waals surface area contributed by atoms with E-state index in [0.29, 0.717) is 0 Å². The van der Waals surface area contributed by atoms with Crippen molar-refractivity contribution in [3.63, 3.8) is 0 Å². The molecule has 2 aromatic heterocycles. The van der Waals surface area contributed by atoms with Gasteiger partial charge in [0, 0.05) is 12.0 Å². The van der Waals surface area contributed by atoms with Crippen LogP contribution in [0.25, 0.3) is 17.1 Å². The third-order valence-electron chi connectivity index (χ3n) is 3.37. The van der Waals surface area contributed by atoms with Gasteiger partial charge in [0.05, 0.1) is 7.11 Å². The zero-order valence-electron chi connectivity index (χ0n) is 12.7. The molecule has 0 amide bonds. The number of benzene rings is 1. The highest BCUT2D eigenvalue weighted by Gasteiger charge is 2.09. The SMILES string of the molecule is CCCCc1nnc2sc(/C=C\c3ccccc3OC)nn12. The largest absolute Gasteiger partial charge is 0.496 e. The maximum atomic E-state index is 5.35. The number of aromatic nitrogens is 4. The lowest BCUT2D eigenvalue weighted by Crippen LogP contribution is -1.95. The zero-order chi connectivity index (χ0) is 15.4. The molecule has 22 heavy (non-hydrogen) atoms. The van der Waals surface area contributed by atoms with Crippen LogP contribution < -0.4 is 4.74 Å². The van der Waals surface area contributed by atoms with Crippen molar-refractivity contribution in [1.82, 2.24) is 19.8 Å². The first-order chi connectivity index (χ1) is 10.8. The summed E-state index contributed by atoms with van der Waals surface area (Å²) >= 11 is 1.53. The maximum absolute atomic E-state index is 5.35. The highest BCUT2D eigenvalue weighted by atomic mass is 32.1. The predicted octanol–water partition coefficient (Wildman–Crippen LogP) is 3.71. The molecule has 0 aliphatic heterocycles. The van der Waals surface area contributed by atoms with Crippen LogP contribution in [0.3, 0.4) is 0 Å². The third kappa shape index (κ3) is 3.01. The fourth-order valence-electron chi connectivity index (χ4n) is 2.20. The molecule has 0 N–H and O–H groups in total. The van der Waals surface area contributed by atoms with Crippen molar-refractivity contribution >= 4 is 28.4 Å². The summed E-state index contributed by atoms with van der Waals surface area (Å²) in [5.74, 6) is 1.79. The molecule has 0 atom stereocenters. The van der Waals surface area contributed by atoms with E-state index < -0.39 is 0 Å². The minimum absolute atomic E-state index is 0.839. The molecule has 0 bridgehead atoms. The monoisotopic (exact) mass is 314 g/mol. The molecule has 3 rings (SSSR count). The highest BCUT2D eigenvalue weighted by molar-refractivity contribution is 7.17. The van der Waals surface area contributed by atoms with Gasteiger partial charge in [-0.25, -0.2) is 0 Å². The molecular formula is C16H18N4OS. The van der Waals surface area contributed by atoms with Gasteiger partial charge in [0.2, 0.25) is 4.96 Å². The number of hydrogen-bond donors (Lipinski definition) is 0. The number of rotatable bonds is 6. The van der Waals surface area contributed by atoms with Crippen LogP contribution >= 0.6 is 11.3 Å². The van der Waals surface area contributed by atoms with Gasteiger partial charge < -0.3 is 4.74 Å². The number of hydrogen-bond acceptors (Lipinski definition) is 5. The first kappa shape index (κ1) is 14.7. The second-order valence-corrected chi connectivity index (χ2v) is 5.92. The lowest BCUT2D eigenvalue weighted by atomic mass is 10.2. The molecule has 2 heterocycles. The second kappa shape index (κ2) is 6.70. The lowest BCUT2D eigenvalue weighted by Gasteiger charge is -2.02. The van der Waals surface area contributed by atoms with E-state index in [1.807, 2.05) is 40.9 Å². The average Bonchev–Trinajstić information content (AvgIpc) is 3.11. The van der Waals surface area contributed by atoms with Crippen LogP contribution in [0.2, 0.25) is 0 Å². The standard InChI is InChI=1S/C16H18N4OS/c1-3-4-9-14-17-18-16-20(14)19-15(22-16)11-10-12-7-5-6-8-13(12)21-2/h5-8,10-11H,3-4,9H2,1-2H3/b11-10-. The van der Waals surface area contributed by atoms with Crippen molar-refractivity contribution in [2.24, 2.45) is 0 Å². The van der Waals surface area contributed by atoms with Gasteiger partial charge in [-0.2, -0.15) is 9.61 Å². The molecule has 0 fully saturated rings. The molecule has 0 aliphatic carbocycles. The topological polar surface area (TPSA) is 52.3 Å². The summed E-state index contributed by atoms with van der Waals surface area (Å²) in [7, 11) is 1.68. The van der Waals surface area contributed by atoms with Crippen LogP contribution in [0.1, 0.15) is 36.2 Å². The summed E-state index contributed by atoms with van der Waals surface area (Å²) in [4.78, 5) is 0.839. The quantitative estimate of drug-likeness (QED) is 0.696. The summed E-state index contributed by atoms with van der Waals surface area (Å²) in [6.45, 7) is 2.17. The van der Waals surface area contributed by atoms with Crippen LogP contribution in [0.4, 0.5) is 0 Å². The van der Waals surface area contributed by atoms with Gasteiger partial charge in [-0.05, 0) is 24.6 Å². The number of para-hydroxylation sites is 1. The first-order valence-corrected chi connectivity index (χ1v) is 8.15. The van der Waals surface area contributed by atoms with E-state index in [0.717, 1.165) is 46.4 Å². The molecule has 0 unspecified atom stereocenters. The average molecular weight is 314 g/mol. The number of fused-ring (bicyclic) bond motifs is 1. The van der Waals surface area contributed by atoms with E-state index in [4.69, 9.17) is 4.74 Å². The summed E-state index contributed by atoms with van der Waals surface area (Å²) in [5.41, 5.74) is 1.03. The van der Waals surface area contributed by atoms with E-state index in [1.165, 1.54) is 11.3 Å². The Morgan fingerprint density at radius 2 is 2.09 bits per heavy atom. The van der Waals surface area contributed by atoms with Crippen molar-refractivity contribution < 1.29 is 4.74 Å². The Labute approximate surface area is 133 Å². The van der Waals surface area contributed by atoms with E-state index in [1.54, 1.807) is 7.11 Å². The Bertz CT molecular complexity index is 790. The molecule has 0 saturated carbocycles. The van der Waals surface area contributed by atoms with Gasteiger partial charge in [0.1, 0.15) is 10.8 Å². The summed E-state index contributed by atoms with van der Waals surface area (Å²) in [6, 6.07) is 7.91. The Balaban J connectivity index is 1.84. The number of aryl methyl sites for hydroxylation is 1. The number of ether oxygens (including phenoxy) is 1. The minimum atomic E-state index is 0.839. The molecule has 0 spiro atoms. The van der Waals surface area contributed by atoms with E-state index >= 15 is 0 Å². The predicted molar refractivity (Wildman–Crippen MR) is 89.2 cm³/mol. The fraction of sp³-hybridized carbons (Fsp3) is 0.312. The normalized spacial score (nSPS) is 11.5.